The molecule has 6 nitrogen and oxygen atoms in total. The van der Waals surface area contributed by atoms with E-state index in [0.29, 0.717) is 31.9 Å². The van der Waals surface area contributed by atoms with Crippen molar-refractivity contribution in [1.29, 1.82) is 0 Å². The number of carbonyl (C=O) groups excluding carboxylic acids is 2. The summed E-state index contributed by atoms with van der Waals surface area (Å²) >= 11 is 0. The number of amides is 2. The highest BCUT2D eigenvalue weighted by atomic mass is 16.5. The van der Waals surface area contributed by atoms with Gasteiger partial charge in [0, 0.05) is 12.6 Å². The van der Waals surface area contributed by atoms with Gasteiger partial charge in [-0.15, -0.1) is 0 Å². The lowest BCUT2D eigenvalue weighted by molar-refractivity contribution is -0.139. The topological polar surface area (TPSA) is 76.7 Å². The Kier molecular flexibility index (Phi) is 12.6. The molecule has 0 aromatic heterocycles. The average Bonchev–Trinajstić information content (AvgIpc) is 2.77. The normalized spacial score (nSPS) is 16.3. The lowest BCUT2D eigenvalue weighted by Crippen LogP contribution is -2.45. The van der Waals surface area contributed by atoms with Gasteiger partial charge < -0.3 is 20.1 Å². The van der Waals surface area contributed by atoms with Crippen LogP contribution in [0.3, 0.4) is 0 Å². The van der Waals surface area contributed by atoms with E-state index in [-0.39, 0.29) is 6.04 Å². The minimum Gasteiger partial charge on any atom is -0.490 e. The largest absolute Gasteiger partial charge is 0.490 e. The van der Waals surface area contributed by atoms with Crippen LogP contribution in [-0.4, -0.2) is 37.6 Å². The summed E-state index contributed by atoms with van der Waals surface area (Å²) in [7, 11) is 0. The fraction of sp³-hybridized carbons (Fsp3) is 0.692. The van der Waals surface area contributed by atoms with Crippen LogP contribution < -0.4 is 20.1 Å². The fourth-order valence-corrected chi connectivity index (χ4v) is 4.21. The fourth-order valence-electron chi connectivity index (χ4n) is 4.21. The highest BCUT2D eigenvalue weighted by Gasteiger charge is 2.18. The molecule has 0 heterocycles. The predicted octanol–water partition coefficient (Wildman–Crippen LogP) is 4.93. The van der Waals surface area contributed by atoms with Gasteiger partial charge in [-0.1, -0.05) is 63.9 Å². The van der Waals surface area contributed by atoms with Gasteiger partial charge in [-0.05, 0) is 50.8 Å². The van der Waals surface area contributed by atoms with E-state index in [1.165, 1.54) is 44.9 Å². The maximum absolute atomic E-state index is 12.4. The van der Waals surface area contributed by atoms with Crippen LogP contribution in [0.5, 0.6) is 11.5 Å². The Hall–Kier alpha value is -2.24. The summed E-state index contributed by atoms with van der Waals surface area (Å²) in [4.78, 5) is 24.7. The third-order valence-electron chi connectivity index (χ3n) is 5.95. The Labute approximate surface area is 193 Å². The molecular weight excluding hydrogens is 404 g/mol. The Balaban J connectivity index is 1.78. The van der Waals surface area contributed by atoms with Crippen LogP contribution in [0.15, 0.2) is 18.2 Å². The number of carbonyl (C=O) groups is 2. The molecule has 32 heavy (non-hydrogen) atoms. The Morgan fingerprint density at radius 1 is 0.812 bits per heavy atom. The van der Waals surface area contributed by atoms with Gasteiger partial charge in [0.25, 0.3) is 0 Å². The number of nitrogens with one attached hydrogen (secondary N) is 2. The second-order valence-corrected chi connectivity index (χ2v) is 8.58. The number of hydrogen-bond donors (Lipinski definition) is 2. The second kappa shape index (κ2) is 15.5. The van der Waals surface area contributed by atoms with Crippen molar-refractivity contribution >= 4 is 11.8 Å². The van der Waals surface area contributed by atoms with Crippen molar-refractivity contribution in [3.63, 3.8) is 0 Å². The molecule has 1 saturated carbocycles. The second-order valence-electron chi connectivity index (χ2n) is 8.58. The molecule has 1 aliphatic carbocycles. The highest BCUT2D eigenvalue weighted by Crippen LogP contribution is 2.28. The standard InChI is InChI=1S/C26H42N2O4/c1-3-31-23-17-16-21(20-24(23)32-4-2)18-19-27-25(29)26(30)28-22-14-12-10-8-6-5-7-9-11-13-15-22/h16-17,20,22H,3-15,18-19H2,1-2H3,(H,27,29)(H,28,30). The molecule has 1 aliphatic rings. The van der Waals surface area contributed by atoms with Gasteiger partial charge in [0.15, 0.2) is 11.5 Å². The lowest BCUT2D eigenvalue weighted by atomic mass is 9.98. The quantitative estimate of drug-likeness (QED) is 0.555. The van der Waals surface area contributed by atoms with Crippen molar-refractivity contribution in [2.75, 3.05) is 19.8 Å². The first-order valence-electron chi connectivity index (χ1n) is 12.6. The molecule has 1 aromatic rings. The van der Waals surface area contributed by atoms with Crippen LogP contribution in [0.2, 0.25) is 0 Å². The van der Waals surface area contributed by atoms with Crippen molar-refractivity contribution in [2.24, 2.45) is 0 Å². The van der Waals surface area contributed by atoms with E-state index < -0.39 is 11.8 Å². The first kappa shape index (κ1) is 26.0. The van der Waals surface area contributed by atoms with Gasteiger partial charge in [0.1, 0.15) is 0 Å². The summed E-state index contributed by atoms with van der Waals surface area (Å²) in [5.41, 5.74) is 1.02. The van der Waals surface area contributed by atoms with Crippen LogP contribution in [0.1, 0.15) is 90.0 Å². The zero-order valence-electron chi connectivity index (χ0n) is 20.0. The zero-order valence-corrected chi connectivity index (χ0v) is 20.0. The van der Waals surface area contributed by atoms with E-state index in [1.54, 1.807) is 0 Å². The van der Waals surface area contributed by atoms with Gasteiger partial charge in [0.05, 0.1) is 13.2 Å². The minimum atomic E-state index is -0.549. The highest BCUT2D eigenvalue weighted by molar-refractivity contribution is 6.35. The number of rotatable bonds is 8. The molecule has 0 aliphatic heterocycles. The molecule has 2 amide bonds. The summed E-state index contributed by atoms with van der Waals surface area (Å²) in [5, 5.41) is 5.74. The predicted molar refractivity (Wildman–Crippen MR) is 128 cm³/mol. The van der Waals surface area contributed by atoms with Crippen molar-refractivity contribution in [3.05, 3.63) is 23.8 Å². The number of benzene rings is 1. The maximum atomic E-state index is 12.4. The van der Waals surface area contributed by atoms with E-state index in [2.05, 4.69) is 10.6 Å². The number of hydrogen-bond acceptors (Lipinski definition) is 4. The van der Waals surface area contributed by atoms with Crippen LogP contribution in [0, 0.1) is 0 Å². The summed E-state index contributed by atoms with van der Waals surface area (Å²) in [6.45, 7) is 5.40. The molecule has 180 valence electrons. The van der Waals surface area contributed by atoms with Gasteiger partial charge in [-0.3, -0.25) is 9.59 Å². The molecule has 2 N–H and O–H groups in total. The average molecular weight is 447 g/mol. The zero-order chi connectivity index (χ0) is 23.0. The van der Waals surface area contributed by atoms with Crippen molar-refractivity contribution in [1.82, 2.24) is 10.6 Å². The first-order valence-corrected chi connectivity index (χ1v) is 12.6. The summed E-state index contributed by atoms with van der Waals surface area (Å²) in [5.74, 6) is 0.368. The maximum Gasteiger partial charge on any atom is 0.309 e. The Morgan fingerprint density at radius 3 is 1.97 bits per heavy atom. The SMILES string of the molecule is CCOc1ccc(CCNC(=O)C(=O)NC2CCCCCCCCCCC2)cc1OCC. The van der Waals surface area contributed by atoms with Gasteiger partial charge in [0.2, 0.25) is 0 Å². The molecule has 1 fully saturated rings. The molecule has 2 rings (SSSR count). The van der Waals surface area contributed by atoms with E-state index >= 15 is 0 Å². The molecule has 0 radical (unpaired) electrons. The van der Waals surface area contributed by atoms with Crippen LogP contribution in [-0.2, 0) is 16.0 Å². The molecule has 0 bridgehead atoms. The molecular formula is C26H42N2O4. The first-order chi connectivity index (χ1) is 15.6. The van der Waals surface area contributed by atoms with Gasteiger partial charge >= 0.3 is 11.8 Å². The monoisotopic (exact) mass is 446 g/mol. The van der Waals surface area contributed by atoms with Crippen molar-refractivity contribution in [3.8, 4) is 11.5 Å². The molecule has 0 unspecified atom stereocenters. The number of ether oxygens (including phenoxy) is 2. The minimum absolute atomic E-state index is 0.104. The van der Waals surface area contributed by atoms with E-state index in [9.17, 15) is 9.59 Å². The van der Waals surface area contributed by atoms with Crippen LogP contribution in [0.4, 0.5) is 0 Å². The molecule has 1 aromatic carbocycles. The van der Waals surface area contributed by atoms with Crippen molar-refractivity contribution < 1.29 is 19.1 Å². The summed E-state index contributed by atoms with van der Waals surface area (Å²) in [6.07, 6.45) is 13.7. The summed E-state index contributed by atoms with van der Waals surface area (Å²) in [6, 6.07) is 5.89. The Morgan fingerprint density at radius 2 is 1.38 bits per heavy atom. The van der Waals surface area contributed by atoms with Crippen LogP contribution in [0.25, 0.3) is 0 Å². The Bertz CT molecular complexity index is 680. The lowest BCUT2D eigenvalue weighted by Gasteiger charge is -2.19. The third-order valence-corrected chi connectivity index (χ3v) is 5.95. The van der Waals surface area contributed by atoms with E-state index in [4.69, 9.17) is 9.47 Å². The molecule has 0 spiro atoms. The van der Waals surface area contributed by atoms with E-state index in [1.807, 2.05) is 32.0 Å². The van der Waals surface area contributed by atoms with Crippen molar-refractivity contribution in [2.45, 2.75) is 96.9 Å². The molecule has 0 atom stereocenters. The molecule has 0 saturated heterocycles. The third kappa shape index (κ3) is 9.92. The van der Waals surface area contributed by atoms with Crippen LogP contribution >= 0.6 is 0 Å². The van der Waals surface area contributed by atoms with Gasteiger partial charge in [-0.2, -0.15) is 0 Å². The van der Waals surface area contributed by atoms with E-state index in [0.717, 1.165) is 37.0 Å². The summed E-state index contributed by atoms with van der Waals surface area (Å²) < 4.78 is 11.2. The smallest absolute Gasteiger partial charge is 0.309 e. The molecule has 6 heteroatoms. The van der Waals surface area contributed by atoms with Gasteiger partial charge in [-0.25, -0.2) is 0 Å².